The van der Waals surface area contributed by atoms with Gasteiger partial charge in [-0.3, -0.25) is 4.79 Å². The second kappa shape index (κ2) is 8.81. The van der Waals surface area contributed by atoms with Crippen LogP contribution in [0.25, 0.3) is 0 Å². The van der Waals surface area contributed by atoms with E-state index in [1.165, 1.54) is 30.5 Å². The van der Waals surface area contributed by atoms with Gasteiger partial charge in [-0.2, -0.15) is 0 Å². The minimum atomic E-state index is 0. The van der Waals surface area contributed by atoms with Crippen molar-refractivity contribution in [1.29, 1.82) is 0 Å². The van der Waals surface area contributed by atoms with E-state index >= 15 is 0 Å². The van der Waals surface area contributed by atoms with Crippen LogP contribution in [-0.2, 0) is 4.79 Å². The van der Waals surface area contributed by atoms with Gasteiger partial charge in [0.2, 0.25) is 5.91 Å². The molecule has 2 bridgehead atoms. The summed E-state index contributed by atoms with van der Waals surface area (Å²) in [5.41, 5.74) is 8.82. The molecule has 3 N–H and O–H groups in total. The van der Waals surface area contributed by atoms with Crippen LogP contribution in [0, 0.1) is 24.7 Å². The Labute approximate surface area is 169 Å². The summed E-state index contributed by atoms with van der Waals surface area (Å²) in [6, 6.07) is 9.09. The van der Waals surface area contributed by atoms with Crippen LogP contribution >= 0.6 is 24.8 Å². The predicted molar refractivity (Wildman–Crippen MR) is 111 cm³/mol. The number of hydrogen-bond acceptors (Lipinski definition) is 3. The fraction of sp³-hybridized carbons (Fsp3) is 0.650. The summed E-state index contributed by atoms with van der Waals surface area (Å²) < 4.78 is 0. The van der Waals surface area contributed by atoms with Crippen LogP contribution < -0.4 is 11.1 Å². The molecule has 1 aromatic rings. The number of piperidine rings is 1. The Balaban J connectivity index is 0.00000121. The number of nitrogens with two attached hydrogens (primary N) is 1. The van der Waals surface area contributed by atoms with Crippen molar-refractivity contribution in [2.45, 2.75) is 51.1 Å². The fourth-order valence-electron chi connectivity index (χ4n) is 5.13. The maximum Gasteiger partial charge on any atom is 0.227 e. The molecule has 3 fully saturated rings. The zero-order valence-corrected chi connectivity index (χ0v) is 17.0. The van der Waals surface area contributed by atoms with Gasteiger partial charge in [-0.05, 0) is 68.6 Å². The molecule has 3 aliphatic rings. The molecule has 0 aromatic heterocycles. The van der Waals surface area contributed by atoms with E-state index in [-0.39, 0.29) is 36.8 Å². The number of hydrogen-bond donors (Lipinski definition) is 2. The van der Waals surface area contributed by atoms with Crippen molar-refractivity contribution in [3.8, 4) is 0 Å². The van der Waals surface area contributed by atoms with Gasteiger partial charge in [-0.15, -0.1) is 24.8 Å². The number of benzene rings is 1. The van der Waals surface area contributed by atoms with Crippen LogP contribution in [0.4, 0.5) is 5.69 Å². The van der Waals surface area contributed by atoms with Crippen LogP contribution in [0.1, 0.15) is 37.7 Å². The molecule has 1 aliphatic heterocycles. The number of amides is 1. The molecule has 146 valence electrons. The highest BCUT2D eigenvalue weighted by Crippen LogP contribution is 2.48. The largest absolute Gasteiger partial charge is 0.382 e. The third-order valence-electron chi connectivity index (χ3n) is 6.46. The Morgan fingerprint density at radius 1 is 1.12 bits per heavy atom. The number of nitrogens with one attached hydrogen (secondary N) is 1. The molecular weight excluding hydrogens is 369 g/mol. The monoisotopic (exact) mass is 399 g/mol. The van der Waals surface area contributed by atoms with E-state index in [0.717, 1.165) is 25.9 Å². The van der Waals surface area contributed by atoms with Crippen molar-refractivity contribution in [3.63, 3.8) is 0 Å². The average Bonchev–Trinajstić information content (AvgIpc) is 3.16. The maximum absolute atomic E-state index is 12.9. The van der Waals surface area contributed by atoms with Crippen molar-refractivity contribution in [2.75, 3.05) is 18.4 Å². The van der Waals surface area contributed by atoms with E-state index in [1.54, 1.807) is 0 Å². The Kier molecular flexibility index (Phi) is 7.23. The predicted octanol–water partition coefficient (Wildman–Crippen LogP) is 3.61. The van der Waals surface area contributed by atoms with E-state index in [4.69, 9.17) is 5.73 Å². The molecule has 2 saturated carbocycles. The summed E-state index contributed by atoms with van der Waals surface area (Å²) >= 11 is 0. The van der Waals surface area contributed by atoms with Gasteiger partial charge in [0.15, 0.2) is 0 Å². The summed E-state index contributed by atoms with van der Waals surface area (Å²) in [6.07, 6.45) is 5.67. The smallest absolute Gasteiger partial charge is 0.227 e. The molecule has 1 saturated heterocycles. The SMILES string of the molecule is Cc1cccc(NC2CCN(C(=O)C3C4CCC(C4)C3N)CC2)c1.Cl.Cl. The fourth-order valence-corrected chi connectivity index (χ4v) is 5.13. The summed E-state index contributed by atoms with van der Waals surface area (Å²) in [5.74, 6) is 1.60. The number of anilines is 1. The summed E-state index contributed by atoms with van der Waals surface area (Å²) in [5, 5.41) is 3.62. The van der Waals surface area contributed by atoms with Crippen LogP contribution in [0.15, 0.2) is 24.3 Å². The van der Waals surface area contributed by atoms with E-state index in [2.05, 4.69) is 41.4 Å². The number of carbonyl (C=O) groups excluding carboxylic acids is 1. The topological polar surface area (TPSA) is 58.4 Å². The first kappa shape index (κ1) is 21.3. The molecule has 2 aliphatic carbocycles. The number of halogens is 2. The third-order valence-corrected chi connectivity index (χ3v) is 6.46. The summed E-state index contributed by atoms with van der Waals surface area (Å²) in [7, 11) is 0. The summed E-state index contributed by atoms with van der Waals surface area (Å²) in [4.78, 5) is 15.0. The van der Waals surface area contributed by atoms with Crippen LogP contribution in [0.2, 0.25) is 0 Å². The highest BCUT2D eigenvalue weighted by Gasteiger charge is 2.50. The van der Waals surface area contributed by atoms with Crippen molar-refractivity contribution < 1.29 is 4.79 Å². The lowest BCUT2D eigenvalue weighted by molar-refractivity contribution is -0.138. The molecule has 4 nitrogen and oxygen atoms in total. The van der Waals surface area contributed by atoms with Crippen LogP contribution in [-0.4, -0.2) is 36.0 Å². The second-order valence-corrected chi connectivity index (χ2v) is 8.05. The second-order valence-electron chi connectivity index (χ2n) is 8.05. The minimum Gasteiger partial charge on any atom is -0.382 e. The van der Waals surface area contributed by atoms with Gasteiger partial charge in [-0.1, -0.05) is 12.1 Å². The zero-order chi connectivity index (χ0) is 16.7. The lowest BCUT2D eigenvalue weighted by atomic mass is 9.83. The van der Waals surface area contributed by atoms with Gasteiger partial charge in [0.25, 0.3) is 0 Å². The number of nitrogens with zero attached hydrogens (tertiary/aromatic N) is 1. The van der Waals surface area contributed by atoms with Crippen LogP contribution in [0.3, 0.4) is 0 Å². The molecule has 0 spiro atoms. The standard InChI is InChI=1S/C20H29N3O.2ClH/c1-13-3-2-4-17(11-13)22-16-7-9-23(10-8-16)20(24)18-14-5-6-15(12-14)19(18)21;;/h2-4,11,14-16,18-19,22H,5-10,12,21H2,1H3;2*1H. The average molecular weight is 400 g/mol. The number of likely N-dealkylation sites (tertiary alicyclic amines) is 1. The third kappa shape index (κ3) is 4.13. The summed E-state index contributed by atoms with van der Waals surface area (Å²) in [6.45, 7) is 3.84. The van der Waals surface area contributed by atoms with Gasteiger partial charge in [0.1, 0.15) is 0 Å². The first-order valence-corrected chi connectivity index (χ1v) is 9.49. The van der Waals surface area contributed by atoms with Crippen molar-refractivity contribution in [2.24, 2.45) is 23.5 Å². The maximum atomic E-state index is 12.9. The first-order valence-electron chi connectivity index (χ1n) is 9.49. The normalized spacial score (nSPS) is 30.5. The van der Waals surface area contributed by atoms with Crippen molar-refractivity contribution in [1.82, 2.24) is 4.90 Å². The van der Waals surface area contributed by atoms with Gasteiger partial charge in [0.05, 0.1) is 5.92 Å². The van der Waals surface area contributed by atoms with Crippen molar-refractivity contribution >= 4 is 36.4 Å². The molecule has 1 amide bonds. The lowest BCUT2D eigenvalue weighted by Gasteiger charge is -2.37. The number of aryl methyl sites for hydroxylation is 1. The minimum absolute atomic E-state index is 0. The molecule has 4 rings (SSSR count). The number of fused-ring (bicyclic) bond motifs is 2. The lowest BCUT2D eigenvalue weighted by Crippen LogP contribution is -2.50. The van der Waals surface area contributed by atoms with Crippen molar-refractivity contribution in [3.05, 3.63) is 29.8 Å². The number of rotatable bonds is 3. The van der Waals surface area contributed by atoms with E-state index < -0.39 is 0 Å². The quantitative estimate of drug-likeness (QED) is 0.815. The van der Waals surface area contributed by atoms with E-state index in [1.807, 2.05) is 0 Å². The highest BCUT2D eigenvalue weighted by atomic mass is 35.5. The molecular formula is C20H31Cl2N3O. The molecule has 6 heteroatoms. The Hall–Kier alpha value is -0.970. The zero-order valence-electron chi connectivity index (χ0n) is 15.4. The Bertz CT molecular complexity index is 617. The molecule has 26 heavy (non-hydrogen) atoms. The van der Waals surface area contributed by atoms with Crippen LogP contribution in [0.5, 0.6) is 0 Å². The highest BCUT2D eigenvalue weighted by molar-refractivity contribution is 5.85. The Morgan fingerprint density at radius 3 is 2.42 bits per heavy atom. The molecule has 0 radical (unpaired) electrons. The van der Waals surface area contributed by atoms with Gasteiger partial charge < -0.3 is 16.0 Å². The van der Waals surface area contributed by atoms with E-state index in [0.29, 0.717) is 23.8 Å². The van der Waals surface area contributed by atoms with E-state index in [9.17, 15) is 4.79 Å². The molecule has 4 atom stereocenters. The van der Waals surface area contributed by atoms with Gasteiger partial charge >= 0.3 is 0 Å². The molecule has 4 unspecified atom stereocenters. The molecule has 1 aromatic carbocycles. The number of carbonyl (C=O) groups is 1. The first-order chi connectivity index (χ1) is 11.6. The Morgan fingerprint density at radius 2 is 1.81 bits per heavy atom. The van der Waals surface area contributed by atoms with Gasteiger partial charge in [-0.25, -0.2) is 0 Å². The molecule has 1 heterocycles. The van der Waals surface area contributed by atoms with Gasteiger partial charge in [0, 0.05) is 30.9 Å².